The molecule has 2 aromatic rings. The molecule has 2 atom stereocenters. The number of ketones is 1. The summed E-state index contributed by atoms with van der Waals surface area (Å²) in [5, 5.41) is -1.06. The lowest BCUT2D eigenvalue weighted by atomic mass is 9.97. The van der Waals surface area contributed by atoms with Gasteiger partial charge in [-0.1, -0.05) is 36.0 Å². The summed E-state index contributed by atoms with van der Waals surface area (Å²) in [4.78, 5) is 16.7. The summed E-state index contributed by atoms with van der Waals surface area (Å²) in [5.41, 5.74) is 1.49. The number of carbonyl (C=O) groups excluding carboxylic acids is 1. The number of nitrogens with zero attached hydrogens (tertiary/aromatic N) is 1. The van der Waals surface area contributed by atoms with Gasteiger partial charge in [-0.05, 0) is 37.6 Å². The van der Waals surface area contributed by atoms with E-state index in [-0.39, 0.29) is 5.78 Å². The number of ether oxygens (including phenoxy) is 4. The van der Waals surface area contributed by atoms with Crippen LogP contribution in [0.3, 0.4) is 0 Å². The van der Waals surface area contributed by atoms with Crippen molar-refractivity contribution >= 4 is 17.5 Å². The van der Waals surface area contributed by atoms with Crippen LogP contribution in [-0.4, -0.2) is 61.9 Å². The van der Waals surface area contributed by atoms with Gasteiger partial charge in [0.2, 0.25) is 10.8 Å². The maximum absolute atomic E-state index is 13.7. The Morgan fingerprint density at radius 3 is 2.67 bits per heavy atom. The molecule has 1 fully saturated rings. The quantitative estimate of drug-likeness (QED) is 0.693. The zero-order valence-electron chi connectivity index (χ0n) is 17.6. The summed E-state index contributed by atoms with van der Waals surface area (Å²) < 4.78 is 24.0. The Labute approximate surface area is 181 Å². The average molecular weight is 430 g/mol. The molecule has 0 N–H and O–H groups in total. The summed E-state index contributed by atoms with van der Waals surface area (Å²) in [5.74, 6) is 1.29. The van der Waals surface area contributed by atoms with Crippen LogP contribution in [0.1, 0.15) is 22.8 Å². The lowest BCUT2D eigenvalue weighted by Gasteiger charge is -2.50. The fourth-order valence-electron chi connectivity index (χ4n) is 3.94. The Morgan fingerprint density at radius 1 is 1.17 bits per heavy atom. The van der Waals surface area contributed by atoms with Crippen molar-refractivity contribution in [2.24, 2.45) is 0 Å². The molecule has 30 heavy (non-hydrogen) atoms. The van der Waals surface area contributed by atoms with E-state index in [1.165, 1.54) is 11.8 Å². The first-order chi connectivity index (χ1) is 14.6. The topological polar surface area (TPSA) is 57.2 Å². The molecule has 2 heterocycles. The molecule has 0 aromatic heterocycles. The van der Waals surface area contributed by atoms with Gasteiger partial charge in [-0.15, -0.1) is 0 Å². The number of para-hydroxylation sites is 2. The highest BCUT2D eigenvalue weighted by molar-refractivity contribution is 8.00. The summed E-state index contributed by atoms with van der Waals surface area (Å²) in [6, 6.07) is 13.4. The molecule has 7 heteroatoms. The number of benzene rings is 2. The standard InChI is InChI=1S/C23H27NO5S/c1-4-28-22-20(25)17-9-7-8-16(2)21(17)29-23(22,24-12-14-27-15-13-24)30-19-11-6-5-10-18(19)26-3/h5-11,22H,4,12-15H2,1-3H3. The maximum atomic E-state index is 13.7. The Hall–Kier alpha value is -2.06. The molecule has 160 valence electrons. The molecular weight excluding hydrogens is 402 g/mol. The number of carbonyl (C=O) groups is 1. The highest BCUT2D eigenvalue weighted by Gasteiger charge is 2.56. The molecule has 6 nitrogen and oxygen atoms in total. The molecule has 0 aliphatic carbocycles. The van der Waals surface area contributed by atoms with Crippen LogP contribution in [0.2, 0.25) is 0 Å². The van der Waals surface area contributed by atoms with Gasteiger partial charge in [-0.25, -0.2) is 4.90 Å². The molecular formula is C23H27NO5S. The van der Waals surface area contributed by atoms with Crippen LogP contribution in [0.25, 0.3) is 0 Å². The molecule has 4 rings (SSSR count). The first-order valence-corrected chi connectivity index (χ1v) is 11.0. The fraction of sp³-hybridized carbons (Fsp3) is 0.435. The van der Waals surface area contributed by atoms with E-state index in [0.29, 0.717) is 44.2 Å². The van der Waals surface area contributed by atoms with E-state index in [1.807, 2.05) is 56.3 Å². The lowest BCUT2D eigenvalue weighted by Crippen LogP contribution is -2.65. The Balaban J connectivity index is 1.88. The van der Waals surface area contributed by atoms with Crippen molar-refractivity contribution in [3.8, 4) is 11.5 Å². The van der Waals surface area contributed by atoms with E-state index in [4.69, 9.17) is 18.9 Å². The van der Waals surface area contributed by atoms with E-state index in [2.05, 4.69) is 4.90 Å². The molecule has 0 saturated carbocycles. The average Bonchev–Trinajstić information content (AvgIpc) is 2.78. The third-order valence-electron chi connectivity index (χ3n) is 5.41. The number of Topliss-reactive ketones (excluding diaryl/α,β-unsaturated/α-hetero) is 1. The molecule has 0 amide bonds. The normalized spacial score (nSPS) is 24.2. The van der Waals surface area contributed by atoms with Crippen LogP contribution in [0.15, 0.2) is 47.4 Å². The van der Waals surface area contributed by atoms with Gasteiger partial charge in [0.1, 0.15) is 11.5 Å². The largest absolute Gasteiger partial charge is 0.496 e. The van der Waals surface area contributed by atoms with Crippen LogP contribution < -0.4 is 9.47 Å². The van der Waals surface area contributed by atoms with Crippen molar-refractivity contribution in [1.29, 1.82) is 0 Å². The summed E-state index contributed by atoms with van der Waals surface area (Å²) in [6.07, 6.45) is -0.787. The summed E-state index contributed by atoms with van der Waals surface area (Å²) >= 11 is 1.47. The van der Waals surface area contributed by atoms with Gasteiger partial charge >= 0.3 is 0 Å². The van der Waals surface area contributed by atoms with E-state index in [9.17, 15) is 4.79 Å². The van der Waals surface area contributed by atoms with Gasteiger partial charge < -0.3 is 18.9 Å². The number of methoxy groups -OCH3 is 1. The Bertz CT molecular complexity index is 914. The van der Waals surface area contributed by atoms with Crippen molar-refractivity contribution < 1.29 is 23.7 Å². The molecule has 2 aliphatic rings. The van der Waals surface area contributed by atoms with Gasteiger partial charge in [0.05, 0.1) is 30.8 Å². The molecule has 1 saturated heterocycles. The number of morpholine rings is 1. The van der Waals surface area contributed by atoms with Gasteiger partial charge in [0.15, 0.2) is 6.10 Å². The minimum atomic E-state index is -1.06. The van der Waals surface area contributed by atoms with Crippen LogP contribution in [0, 0.1) is 6.92 Å². The third-order valence-corrected chi connectivity index (χ3v) is 6.81. The second-order valence-corrected chi connectivity index (χ2v) is 8.47. The van der Waals surface area contributed by atoms with E-state index in [0.717, 1.165) is 16.2 Å². The van der Waals surface area contributed by atoms with Crippen LogP contribution in [0.5, 0.6) is 11.5 Å². The molecule has 2 aliphatic heterocycles. The van der Waals surface area contributed by atoms with Crippen molar-refractivity contribution in [3.63, 3.8) is 0 Å². The van der Waals surface area contributed by atoms with E-state index < -0.39 is 11.2 Å². The number of thioether (sulfide) groups is 1. The lowest BCUT2D eigenvalue weighted by molar-refractivity contribution is -0.131. The zero-order valence-corrected chi connectivity index (χ0v) is 18.4. The predicted molar refractivity (Wildman–Crippen MR) is 116 cm³/mol. The van der Waals surface area contributed by atoms with Crippen LogP contribution in [-0.2, 0) is 9.47 Å². The Morgan fingerprint density at radius 2 is 1.93 bits per heavy atom. The van der Waals surface area contributed by atoms with Crippen molar-refractivity contribution in [2.75, 3.05) is 40.0 Å². The second-order valence-electron chi connectivity index (χ2n) is 7.24. The fourth-order valence-corrected chi connectivity index (χ4v) is 5.37. The van der Waals surface area contributed by atoms with Gasteiger partial charge in [-0.2, -0.15) is 0 Å². The highest BCUT2D eigenvalue weighted by atomic mass is 32.2. The zero-order chi connectivity index (χ0) is 21.1. The van der Waals surface area contributed by atoms with E-state index >= 15 is 0 Å². The highest BCUT2D eigenvalue weighted by Crippen LogP contribution is 2.49. The van der Waals surface area contributed by atoms with Gasteiger partial charge in [0.25, 0.3) is 0 Å². The van der Waals surface area contributed by atoms with Crippen molar-refractivity contribution in [3.05, 3.63) is 53.6 Å². The van der Waals surface area contributed by atoms with E-state index in [1.54, 1.807) is 7.11 Å². The molecule has 0 spiro atoms. The van der Waals surface area contributed by atoms with Gasteiger partial charge in [0, 0.05) is 19.7 Å². The maximum Gasteiger partial charge on any atom is 0.250 e. The number of hydrogen-bond donors (Lipinski definition) is 0. The third kappa shape index (κ3) is 3.71. The molecule has 2 aromatic carbocycles. The monoisotopic (exact) mass is 429 g/mol. The smallest absolute Gasteiger partial charge is 0.250 e. The van der Waals surface area contributed by atoms with Crippen LogP contribution >= 0.6 is 11.8 Å². The Kier molecular flexibility index (Phi) is 6.34. The number of rotatable bonds is 6. The van der Waals surface area contributed by atoms with Crippen molar-refractivity contribution in [2.45, 2.75) is 29.9 Å². The summed E-state index contributed by atoms with van der Waals surface area (Å²) in [7, 11) is 1.65. The minimum absolute atomic E-state index is 0.0595. The summed E-state index contributed by atoms with van der Waals surface area (Å²) in [6.45, 7) is 6.69. The van der Waals surface area contributed by atoms with Crippen LogP contribution in [0.4, 0.5) is 0 Å². The number of hydrogen-bond acceptors (Lipinski definition) is 7. The predicted octanol–water partition coefficient (Wildman–Crippen LogP) is 3.76. The second kappa shape index (κ2) is 8.98. The first kappa shape index (κ1) is 21.2. The molecule has 0 radical (unpaired) electrons. The SMILES string of the molecule is CCOC1C(=O)c2cccc(C)c2OC1(Sc1ccccc1OC)N1CCOCC1. The minimum Gasteiger partial charge on any atom is -0.496 e. The first-order valence-electron chi connectivity index (χ1n) is 10.2. The number of aryl methyl sites for hydroxylation is 1. The molecule has 0 bridgehead atoms. The van der Waals surface area contributed by atoms with Gasteiger partial charge in [-0.3, -0.25) is 4.79 Å². The number of fused-ring (bicyclic) bond motifs is 1. The van der Waals surface area contributed by atoms with Crippen molar-refractivity contribution in [1.82, 2.24) is 4.90 Å². The molecule has 2 unspecified atom stereocenters.